The van der Waals surface area contributed by atoms with Crippen LogP contribution < -0.4 is 10.1 Å². The third-order valence-electron chi connectivity index (χ3n) is 2.97. The standard InChI is InChI=1S/C13H16N2O5/c16-10(12(17)18)7-14-13(19)15-5-6-20-11-4-2-1-3-9(11)8-15/h1-4,10,16H,5-8H2,(H,14,19)(H,17,18)/t10-/m0/s1. The summed E-state index contributed by atoms with van der Waals surface area (Å²) < 4.78 is 5.53. The molecule has 1 atom stereocenters. The molecule has 1 aromatic rings. The van der Waals surface area contributed by atoms with Gasteiger partial charge in [-0.2, -0.15) is 0 Å². The lowest BCUT2D eigenvalue weighted by Crippen LogP contribution is -2.44. The van der Waals surface area contributed by atoms with Gasteiger partial charge in [-0.05, 0) is 6.07 Å². The van der Waals surface area contributed by atoms with Crippen LogP contribution in [-0.2, 0) is 11.3 Å². The summed E-state index contributed by atoms with van der Waals surface area (Å²) in [7, 11) is 0. The molecule has 2 rings (SSSR count). The maximum atomic E-state index is 11.9. The first kappa shape index (κ1) is 14.1. The highest BCUT2D eigenvalue weighted by molar-refractivity contribution is 5.77. The van der Waals surface area contributed by atoms with Crippen LogP contribution in [0.4, 0.5) is 4.79 Å². The first-order chi connectivity index (χ1) is 9.58. The van der Waals surface area contributed by atoms with E-state index >= 15 is 0 Å². The summed E-state index contributed by atoms with van der Waals surface area (Å²) in [6.45, 7) is 0.813. The van der Waals surface area contributed by atoms with Crippen molar-refractivity contribution in [2.75, 3.05) is 19.7 Å². The van der Waals surface area contributed by atoms with Crippen LogP contribution in [-0.4, -0.2) is 52.9 Å². The molecule has 20 heavy (non-hydrogen) atoms. The second kappa shape index (κ2) is 6.25. The van der Waals surface area contributed by atoms with Gasteiger partial charge >= 0.3 is 12.0 Å². The summed E-state index contributed by atoms with van der Waals surface area (Å²) in [6, 6.07) is 7.00. The van der Waals surface area contributed by atoms with Gasteiger partial charge in [0.15, 0.2) is 6.10 Å². The molecule has 108 valence electrons. The highest BCUT2D eigenvalue weighted by Gasteiger charge is 2.21. The number of nitrogens with one attached hydrogen (secondary N) is 1. The van der Waals surface area contributed by atoms with E-state index in [0.29, 0.717) is 19.7 Å². The van der Waals surface area contributed by atoms with Gasteiger partial charge in [0, 0.05) is 5.56 Å². The number of benzene rings is 1. The van der Waals surface area contributed by atoms with Crippen molar-refractivity contribution in [1.29, 1.82) is 0 Å². The van der Waals surface area contributed by atoms with Gasteiger partial charge < -0.3 is 25.2 Å². The Balaban J connectivity index is 1.96. The quantitative estimate of drug-likeness (QED) is 0.726. The second-order valence-corrected chi connectivity index (χ2v) is 4.42. The van der Waals surface area contributed by atoms with Crippen LogP contribution in [0.1, 0.15) is 5.56 Å². The zero-order valence-corrected chi connectivity index (χ0v) is 10.8. The summed E-state index contributed by atoms with van der Waals surface area (Å²) in [5.41, 5.74) is 0.888. The zero-order valence-electron chi connectivity index (χ0n) is 10.8. The van der Waals surface area contributed by atoms with Crippen LogP contribution in [0.2, 0.25) is 0 Å². The molecule has 0 radical (unpaired) electrons. The molecule has 3 N–H and O–H groups in total. The molecule has 1 heterocycles. The van der Waals surface area contributed by atoms with Gasteiger partial charge in [-0.1, -0.05) is 18.2 Å². The van der Waals surface area contributed by atoms with Crippen LogP contribution in [0.3, 0.4) is 0 Å². The molecule has 1 aliphatic rings. The summed E-state index contributed by atoms with van der Waals surface area (Å²) in [6.07, 6.45) is -1.60. The van der Waals surface area contributed by atoms with E-state index in [9.17, 15) is 9.59 Å². The maximum Gasteiger partial charge on any atom is 0.334 e. The van der Waals surface area contributed by atoms with Crippen molar-refractivity contribution in [2.45, 2.75) is 12.6 Å². The van der Waals surface area contributed by atoms with Gasteiger partial charge in [0.05, 0.1) is 19.6 Å². The van der Waals surface area contributed by atoms with Crippen LogP contribution in [0, 0.1) is 0 Å². The van der Waals surface area contributed by atoms with Crippen molar-refractivity contribution in [2.24, 2.45) is 0 Å². The van der Waals surface area contributed by atoms with Crippen molar-refractivity contribution in [3.8, 4) is 5.75 Å². The van der Waals surface area contributed by atoms with Gasteiger partial charge in [-0.25, -0.2) is 9.59 Å². The van der Waals surface area contributed by atoms with Crippen molar-refractivity contribution in [3.05, 3.63) is 29.8 Å². The van der Waals surface area contributed by atoms with Gasteiger partial charge in [0.2, 0.25) is 0 Å². The van der Waals surface area contributed by atoms with Gasteiger partial charge in [-0.3, -0.25) is 0 Å². The predicted molar refractivity (Wildman–Crippen MR) is 69.4 cm³/mol. The van der Waals surface area contributed by atoms with Crippen molar-refractivity contribution in [1.82, 2.24) is 10.2 Å². The molecular formula is C13H16N2O5. The van der Waals surface area contributed by atoms with Crippen LogP contribution in [0.5, 0.6) is 5.75 Å². The number of aliphatic carboxylic acids is 1. The highest BCUT2D eigenvalue weighted by atomic mass is 16.5. The Hall–Kier alpha value is -2.28. The molecule has 7 heteroatoms. The van der Waals surface area contributed by atoms with Gasteiger partial charge in [-0.15, -0.1) is 0 Å². The molecule has 0 bridgehead atoms. The number of aliphatic hydroxyl groups is 1. The molecule has 0 fully saturated rings. The fourth-order valence-corrected chi connectivity index (χ4v) is 1.88. The minimum absolute atomic E-state index is 0.326. The van der Waals surface area contributed by atoms with Gasteiger partial charge in [0.1, 0.15) is 12.4 Å². The number of nitrogens with zero attached hydrogens (tertiary/aromatic N) is 1. The van der Waals surface area contributed by atoms with Crippen molar-refractivity contribution in [3.63, 3.8) is 0 Å². The van der Waals surface area contributed by atoms with E-state index in [1.54, 1.807) is 0 Å². The average Bonchev–Trinajstić information content (AvgIpc) is 2.66. The Kier molecular flexibility index (Phi) is 4.41. The smallest absolute Gasteiger partial charge is 0.334 e. The van der Waals surface area contributed by atoms with E-state index < -0.39 is 18.1 Å². The number of aliphatic hydroxyl groups excluding tert-OH is 1. The van der Waals surface area contributed by atoms with E-state index in [4.69, 9.17) is 14.9 Å². The molecule has 0 saturated heterocycles. The fraction of sp³-hybridized carbons (Fsp3) is 0.385. The normalized spacial score (nSPS) is 15.6. The Morgan fingerprint density at radius 2 is 2.15 bits per heavy atom. The summed E-state index contributed by atoms with van der Waals surface area (Å²) in [5, 5.41) is 20.1. The number of carboxylic acid groups (broad SMARTS) is 1. The predicted octanol–water partition coefficient (Wildman–Crippen LogP) is 0.0361. The Labute approximate surface area is 115 Å². The lowest BCUT2D eigenvalue weighted by molar-refractivity contribution is -0.146. The molecule has 0 spiro atoms. The number of carboxylic acids is 1. The second-order valence-electron chi connectivity index (χ2n) is 4.42. The number of hydrogen-bond donors (Lipinski definition) is 3. The fourth-order valence-electron chi connectivity index (χ4n) is 1.88. The van der Waals surface area contributed by atoms with Gasteiger partial charge in [0.25, 0.3) is 0 Å². The number of ether oxygens (including phenoxy) is 1. The largest absolute Gasteiger partial charge is 0.491 e. The van der Waals surface area contributed by atoms with Crippen molar-refractivity contribution < 1.29 is 24.5 Å². The number of fused-ring (bicyclic) bond motifs is 1. The highest BCUT2D eigenvalue weighted by Crippen LogP contribution is 2.22. The van der Waals surface area contributed by atoms with Crippen LogP contribution >= 0.6 is 0 Å². The Morgan fingerprint density at radius 1 is 1.40 bits per heavy atom. The first-order valence-electron chi connectivity index (χ1n) is 6.22. The molecule has 0 aliphatic carbocycles. The first-order valence-corrected chi connectivity index (χ1v) is 6.22. The topological polar surface area (TPSA) is 99.1 Å². The minimum Gasteiger partial charge on any atom is -0.491 e. The lowest BCUT2D eigenvalue weighted by atomic mass is 10.2. The Bertz CT molecular complexity index is 505. The monoisotopic (exact) mass is 280 g/mol. The molecule has 0 saturated carbocycles. The molecule has 0 unspecified atom stereocenters. The minimum atomic E-state index is -1.60. The van der Waals surface area contributed by atoms with E-state index in [2.05, 4.69) is 5.32 Å². The number of hydrogen-bond acceptors (Lipinski definition) is 4. The Morgan fingerprint density at radius 3 is 2.90 bits per heavy atom. The lowest BCUT2D eigenvalue weighted by Gasteiger charge is -2.20. The van der Waals surface area contributed by atoms with Crippen molar-refractivity contribution >= 4 is 12.0 Å². The molecule has 0 aromatic heterocycles. The zero-order chi connectivity index (χ0) is 14.5. The molecule has 1 aliphatic heterocycles. The summed E-state index contributed by atoms with van der Waals surface area (Å²) in [4.78, 5) is 23.9. The number of rotatable bonds is 3. The number of para-hydroxylation sites is 1. The summed E-state index contributed by atoms with van der Waals surface area (Å²) in [5.74, 6) is -0.622. The third-order valence-corrected chi connectivity index (χ3v) is 2.97. The number of carbonyl (C=O) groups is 2. The SMILES string of the molecule is O=C(O)[C@@H](O)CNC(=O)N1CCOc2ccccc2C1. The summed E-state index contributed by atoms with van der Waals surface area (Å²) >= 11 is 0. The van der Waals surface area contributed by atoms with E-state index in [0.717, 1.165) is 11.3 Å². The third kappa shape index (κ3) is 3.39. The molecule has 1 aromatic carbocycles. The molecule has 7 nitrogen and oxygen atoms in total. The van der Waals surface area contributed by atoms with Crippen LogP contribution in [0.25, 0.3) is 0 Å². The molecule has 2 amide bonds. The van der Waals surface area contributed by atoms with E-state index in [1.807, 2.05) is 24.3 Å². The number of urea groups is 1. The number of amides is 2. The van der Waals surface area contributed by atoms with E-state index in [1.165, 1.54) is 4.90 Å². The number of carbonyl (C=O) groups excluding carboxylic acids is 1. The van der Waals surface area contributed by atoms with E-state index in [-0.39, 0.29) is 6.54 Å². The maximum absolute atomic E-state index is 11.9. The van der Waals surface area contributed by atoms with Crippen LogP contribution in [0.15, 0.2) is 24.3 Å². The average molecular weight is 280 g/mol. The molecular weight excluding hydrogens is 264 g/mol.